The topological polar surface area (TPSA) is 57.6 Å². The monoisotopic (exact) mass is 287 g/mol. The lowest BCUT2D eigenvalue weighted by atomic mass is 9.90. The number of amides is 1. The summed E-state index contributed by atoms with van der Waals surface area (Å²) in [6, 6.07) is 5.66. The van der Waals surface area contributed by atoms with E-state index in [4.69, 9.17) is 5.11 Å². The Morgan fingerprint density at radius 2 is 1.90 bits per heavy atom. The number of carbonyl (C=O) groups is 2. The molecule has 4 heteroatoms. The number of carbonyl (C=O) groups excluding carboxylic acids is 1. The van der Waals surface area contributed by atoms with Crippen molar-refractivity contribution >= 4 is 11.9 Å². The van der Waals surface area contributed by atoms with Crippen molar-refractivity contribution in [1.29, 1.82) is 0 Å². The van der Waals surface area contributed by atoms with Gasteiger partial charge in [0.1, 0.15) is 6.04 Å². The third kappa shape index (κ3) is 2.94. The van der Waals surface area contributed by atoms with Gasteiger partial charge in [-0.3, -0.25) is 4.79 Å². The van der Waals surface area contributed by atoms with Gasteiger partial charge in [0, 0.05) is 6.54 Å². The molecule has 1 aliphatic heterocycles. The van der Waals surface area contributed by atoms with Gasteiger partial charge in [0.2, 0.25) is 5.91 Å². The number of likely N-dealkylation sites (tertiary alicyclic amines) is 1. The predicted octanol–water partition coefficient (Wildman–Crippen LogP) is 2.18. The van der Waals surface area contributed by atoms with Gasteiger partial charge in [0.25, 0.3) is 0 Å². The van der Waals surface area contributed by atoms with E-state index in [1.807, 2.05) is 6.07 Å². The molecular weight excluding hydrogens is 266 g/mol. The number of rotatable bonds is 3. The molecule has 1 fully saturated rings. The van der Waals surface area contributed by atoms with Gasteiger partial charge in [0.15, 0.2) is 0 Å². The Balaban J connectivity index is 1.71. The minimum Gasteiger partial charge on any atom is -0.480 e. The second-order valence-corrected chi connectivity index (χ2v) is 6.07. The number of aryl methyl sites for hydroxylation is 2. The van der Waals surface area contributed by atoms with Crippen LogP contribution in [0.1, 0.15) is 42.4 Å². The van der Waals surface area contributed by atoms with Crippen LogP contribution in [-0.2, 0) is 28.9 Å². The summed E-state index contributed by atoms with van der Waals surface area (Å²) >= 11 is 0. The summed E-state index contributed by atoms with van der Waals surface area (Å²) in [5.41, 5.74) is 3.78. The molecule has 1 saturated heterocycles. The summed E-state index contributed by atoms with van der Waals surface area (Å²) in [6.07, 6.45) is 6.38. The van der Waals surface area contributed by atoms with Gasteiger partial charge in [-0.2, -0.15) is 0 Å². The second kappa shape index (κ2) is 5.88. The molecular formula is C17H21NO3. The first-order valence-corrected chi connectivity index (χ1v) is 7.78. The van der Waals surface area contributed by atoms with Gasteiger partial charge < -0.3 is 10.0 Å². The van der Waals surface area contributed by atoms with Crippen LogP contribution >= 0.6 is 0 Å². The average Bonchev–Trinajstić information content (AvgIpc) is 2.97. The van der Waals surface area contributed by atoms with Crippen LogP contribution < -0.4 is 0 Å². The van der Waals surface area contributed by atoms with Crippen LogP contribution in [-0.4, -0.2) is 34.5 Å². The summed E-state index contributed by atoms with van der Waals surface area (Å²) < 4.78 is 0. The molecule has 0 bridgehead atoms. The van der Waals surface area contributed by atoms with E-state index in [2.05, 4.69) is 12.1 Å². The van der Waals surface area contributed by atoms with Crippen LogP contribution in [0.5, 0.6) is 0 Å². The van der Waals surface area contributed by atoms with E-state index >= 15 is 0 Å². The molecule has 21 heavy (non-hydrogen) atoms. The zero-order chi connectivity index (χ0) is 14.8. The van der Waals surface area contributed by atoms with Crippen LogP contribution in [0.4, 0.5) is 0 Å². The van der Waals surface area contributed by atoms with Crippen LogP contribution in [0.3, 0.4) is 0 Å². The van der Waals surface area contributed by atoms with Crippen LogP contribution in [0.25, 0.3) is 0 Å². The predicted molar refractivity (Wildman–Crippen MR) is 79.2 cm³/mol. The Morgan fingerprint density at radius 1 is 1.14 bits per heavy atom. The minimum absolute atomic E-state index is 0.0596. The quantitative estimate of drug-likeness (QED) is 0.927. The molecule has 0 spiro atoms. The highest BCUT2D eigenvalue weighted by molar-refractivity contribution is 5.85. The standard InChI is InChI=1S/C17H21NO3/c19-16(18-9-3-6-15(18)17(20)21)11-12-7-8-13-4-1-2-5-14(13)10-12/h7-8,10,15H,1-6,9,11H2,(H,20,21)/t15-/m0/s1. The van der Waals surface area contributed by atoms with E-state index in [0.29, 0.717) is 19.4 Å². The number of benzene rings is 1. The SMILES string of the molecule is O=C(O)[C@@H]1CCCN1C(=O)Cc1ccc2c(c1)CCCC2. The van der Waals surface area contributed by atoms with Crippen LogP contribution in [0.2, 0.25) is 0 Å². The highest BCUT2D eigenvalue weighted by Gasteiger charge is 2.33. The molecule has 0 radical (unpaired) electrons. The highest BCUT2D eigenvalue weighted by Crippen LogP contribution is 2.24. The fourth-order valence-electron chi connectivity index (χ4n) is 3.49. The molecule has 4 nitrogen and oxygen atoms in total. The van der Waals surface area contributed by atoms with Crippen LogP contribution in [0, 0.1) is 0 Å². The highest BCUT2D eigenvalue weighted by atomic mass is 16.4. The fourth-order valence-corrected chi connectivity index (χ4v) is 3.49. The van der Waals surface area contributed by atoms with E-state index in [0.717, 1.165) is 24.8 Å². The molecule has 0 saturated carbocycles. The lowest BCUT2D eigenvalue weighted by Gasteiger charge is -2.22. The number of hydrogen-bond donors (Lipinski definition) is 1. The number of aliphatic carboxylic acids is 1. The van der Waals surface area contributed by atoms with Crippen LogP contribution in [0.15, 0.2) is 18.2 Å². The number of carboxylic acid groups (broad SMARTS) is 1. The molecule has 2 aliphatic rings. The lowest BCUT2D eigenvalue weighted by Crippen LogP contribution is -2.41. The van der Waals surface area contributed by atoms with Crippen molar-refractivity contribution in [2.75, 3.05) is 6.54 Å². The number of carboxylic acids is 1. The van der Waals surface area contributed by atoms with Crippen molar-refractivity contribution in [3.63, 3.8) is 0 Å². The van der Waals surface area contributed by atoms with Gasteiger partial charge in [0.05, 0.1) is 6.42 Å². The third-order valence-corrected chi connectivity index (χ3v) is 4.63. The van der Waals surface area contributed by atoms with Crippen molar-refractivity contribution in [1.82, 2.24) is 4.90 Å². The normalized spacial score (nSPS) is 21.1. The van der Waals surface area contributed by atoms with E-state index in [-0.39, 0.29) is 5.91 Å². The minimum atomic E-state index is -0.883. The van der Waals surface area contributed by atoms with Gasteiger partial charge in [-0.05, 0) is 55.2 Å². The van der Waals surface area contributed by atoms with E-state index in [1.165, 1.54) is 28.9 Å². The Morgan fingerprint density at radius 3 is 2.67 bits per heavy atom. The van der Waals surface area contributed by atoms with Gasteiger partial charge in [-0.1, -0.05) is 18.2 Å². The molecule has 1 amide bonds. The van der Waals surface area contributed by atoms with Crippen molar-refractivity contribution < 1.29 is 14.7 Å². The smallest absolute Gasteiger partial charge is 0.326 e. The third-order valence-electron chi connectivity index (χ3n) is 4.63. The summed E-state index contributed by atoms with van der Waals surface area (Å²) in [6.45, 7) is 0.570. The zero-order valence-electron chi connectivity index (χ0n) is 12.2. The maximum atomic E-state index is 12.4. The summed E-state index contributed by atoms with van der Waals surface area (Å²) in [5, 5.41) is 9.16. The maximum absolute atomic E-state index is 12.4. The Hall–Kier alpha value is -1.84. The molecule has 1 aromatic rings. The van der Waals surface area contributed by atoms with Crippen molar-refractivity contribution in [2.24, 2.45) is 0 Å². The molecule has 112 valence electrons. The number of nitrogens with zero attached hydrogens (tertiary/aromatic N) is 1. The molecule has 0 unspecified atom stereocenters. The number of hydrogen-bond acceptors (Lipinski definition) is 2. The van der Waals surface area contributed by atoms with E-state index in [1.54, 1.807) is 0 Å². The Kier molecular flexibility index (Phi) is 3.95. The Bertz CT molecular complexity index is 567. The van der Waals surface area contributed by atoms with Crippen molar-refractivity contribution in [3.8, 4) is 0 Å². The molecule has 1 atom stereocenters. The van der Waals surface area contributed by atoms with Gasteiger partial charge in [-0.25, -0.2) is 4.79 Å². The molecule has 1 N–H and O–H groups in total. The first kappa shape index (κ1) is 14.1. The summed E-state index contributed by atoms with van der Waals surface area (Å²) in [7, 11) is 0. The summed E-state index contributed by atoms with van der Waals surface area (Å²) in [5.74, 6) is -0.943. The first-order chi connectivity index (χ1) is 10.1. The summed E-state index contributed by atoms with van der Waals surface area (Å²) in [4.78, 5) is 25.1. The van der Waals surface area contributed by atoms with Gasteiger partial charge >= 0.3 is 5.97 Å². The fraction of sp³-hybridized carbons (Fsp3) is 0.529. The van der Waals surface area contributed by atoms with E-state index in [9.17, 15) is 9.59 Å². The molecule has 1 aromatic carbocycles. The zero-order valence-corrected chi connectivity index (χ0v) is 12.2. The van der Waals surface area contributed by atoms with E-state index < -0.39 is 12.0 Å². The lowest BCUT2D eigenvalue weighted by molar-refractivity contribution is -0.148. The molecule has 0 aromatic heterocycles. The van der Waals surface area contributed by atoms with Gasteiger partial charge in [-0.15, -0.1) is 0 Å². The molecule has 1 aliphatic carbocycles. The second-order valence-electron chi connectivity index (χ2n) is 6.07. The van der Waals surface area contributed by atoms with Crippen molar-refractivity contribution in [3.05, 3.63) is 34.9 Å². The average molecular weight is 287 g/mol. The van der Waals surface area contributed by atoms with Crippen molar-refractivity contribution in [2.45, 2.75) is 51.0 Å². The molecule has 1 heterocycles. The number of fused-ring (bicyclic) bond motifs is 1. The largest absolute Gasteiger partial charge is 0.480 e. The first-order valence-electron chi connectivity index (χ1n) is 7.78. The maximum Gasteiger partial charge on any atom is 0.326 e. The Labute approximate surface area is 124 Å². The molecule has 3 rings (SSSR count).